The fourth-order valence-electron chi connectivity index (χ4n) is 0.697. The topological polar surface area (TPSA) is 24.9 Å². The van der Waals surface area contributed by atoms with E-state index in [1.54, 1.807) is 11.3 Å². The molecular formula is C8H13BrN2S2. The van der Waals surface area contributed by atoms with Crippen LogP contribution >= 0.6 is 39.0 Å². The largest absolute Gasteiger partial charge is 0.360 e. The van der Waals surface area contributed by atoms with Gasteiger partial charge in [-0.1, -0.05) is 11.3 Å². The van der Waals surface area contributed by atoms with Gasteiger partial charge in [0.25, 0.3) is 0 Å². The zero-order chi connectivity index (χ0) is 9.90. The molecule has 1 N–H and O–H groups in total. The Morgan fingerprint density at radius 3 is 2.85 bits per heavy atom. The van der Waals surface area contributed by atoms with E-state index in [2.05, 4.69) is 46.3 Å². The van der Waals surface area contributed by atoms with E-state index < -0.39 is 0 Å². The molecule has 74 valence electrons. The monoisotopic (exact) mass is 280 g/mol. The molecule has 0 amide bonds. The van der Waals surface area contributed by atoms with Gasteiger partial charge in [0.2, 0.25) is 0 Å². The molecule has 0 aliphatic heterocycles. The highest BCUT2D eigenvalue weighted by Crippen LogP contribution is 2.26. The van der Waals surface area contributed by atoms with Crippen LogP contribution in [-0.4, -0.2) is 22.5 Å². The molecule has 2 nitrogen and oxygen atoms in total. The van der Waals surface area contributed by atoms with E-state index in [-0.39, 0.29) is 4.75 Å². The van der Waals surface area contributed by atoms with Gasteiger partial charge in [-0.05, 0) is 36.0 Å². The van der Waals surface area contributed by atoms with E-state index in [1.807, 2.05) is 18.0 Å². The van der Waals surface area contributed by atoms with Gasteiger partial charge in [0.15, 0.2) is 5.13 Å². The standard InChI is InChI=1S/C8H13BrN2S2/c1-8(2,12-3)5-11-7-10-4-6(9)13-7/h4H,5H2,1-3H3,(H,10,11). The minimum absolute atomic E-state index is 0.262. The summed E-state index contributed by atoms with van der Waals surface area (Å²) < 4.78 is 1.33. The van der Waals surface area contributed by atoms with Gasteiger partial charge in [0.1, 0.15) is 0 Å². The first kappa shape index (κ1) is 11.3. The third-order valence-electron chi connectivity index (χ3n) is 1.70. The summed E-state index contributed by atoms with van der Waals surface area (Å²) in [5, 5.41) is 4.29. The van der Waals surface area contributed by atoms with Crippen molar-refractivity contribution >= 4 is 44.2 Å². The highest BCUT2D eigenvalue weighted by atomic mass is 79.9. The van der Waals surface area contributed by atoms with E-state index in [0.29, 0.717) is 0 Å². The molecule has 0 aliphatic carbocycles. The first-order valence-corrected chi connectivity index (χ1v) is 6.77. The van der Waals surface area contributed by atoms with Crippen LogP contribution in [0.5, 0.6) is 0 Å². The first-order valence-electron chi connectivity index (χ1n) is 3.94. The Morgan fingerprint density at radius 2 is 2.38 bits per heavy atom. The van der Waals surface area contributed by atoms with Crippen molar-refractivity contribution in [3.8, 4) is 0 Å². The number of anilines is 1. The van der Waals surface area contributed by atoms with Crippen LogP contribution < -0.4 is 5.32 Å². The van der Waals surface area contributed by atoms with Gasteiger partial charge in [-0.2, -0.15) is 11.8 Å². The van der Waals surface area contributed by atoms with Gasteiger partial charge in [-0.3, -0.25) is 0 Å². The molecule has 0 radical (unpaired) electrons. The lowest BCUT2D eigenvalue weighted by Gasteiger charge is -2.21. The lowest BCUT2D eigenvalue weighted by molar-refractivity contribution is 0.752. The van der Waals surface area contributed by atoms with E-state index in [9.17, 15) is 0 Å². The first-order chi connectivity index (χ1) is 6.03. The molecule has 0 spiro atoms. The number of rotatable bonds is 4. The second-order valence-electron chi connectivity index (χ2n) is 3.29. The molecule has 1 rings (SSSR count). The number of thiazole rings is 1. The number of hydrogen-bond donors (Lipinski definition) is 1. The number of hydrogen-bond acceptors (Lipinski definition) is 4. The van der Waals surface area contributed by atoms with Gasteiger partial charge in [-0.15, -0.1) is 0 Å². The molecule has 0 atom stereocenters. The summed E-state index contributed by atoms with van der Waals surface area (Å²) in [5.74, 6) is 0. The average Bonchev–Trinajstić information content (AvgIpc) is 2.48. The quantitative estimate of drug-likeness (QED) is 0.915. The Morgan fingerprint density at radius 1 is 1.69 bits per heavy atom. The maximum atomic E-state index is 4.20. The SMILES string of the molecule is CSC(C)(C)CNc1ncc(Br)s1. The van der Waals surface area contributed by atoms with Crippen LogP contribution in [0.1, 0.15) is 13.8 Å². The predicted octanol–water partition coefficient (Wildman–Crippen LogP) is 3.46. The van der Waals surface area contributed by atoms with Gasteiger partial charge in [-0.25, -0.2) is 4.98 Å². The molecule has 0 bridgehead atoms. The summed E-state index contributed by atoms with van der Waals surface area (Å²) >= 11 is 6.86. The van der Waals surface area contributed by atoms with Crippen LogP contribution in [-0.2, 0) is 0 Å². The molecule has 13 heavy (non-hydrogen) atoms. The van der Waals surface area contributed by atoms with Crippen molar-refractivity contribution in [3.63, 3.8) is 0 Å². The van der Waals surface area contributed by atoms with E-state index in [0.717, 1.165) is 15.5 Å². The molecule has 5 heteroatoms. The Bertz CT molecular complexity index is 273. The van der Waals surface area contributed by atoms with Crippen molar-refractivity contribution in [2.24, 2.45) is 0 Å². The molecule has 1 aromatic heterocycles. The molecule has 0 aromatic carbocycles. The lowest BCUT2D eigenvalue weighted by atomic mass is 10.2. The van der Waals surface area contributed by atoms with Crippen molar-refractivity contribution in [2.45, 2.75) is 18.6 Å². The van der Waals surface area contributed by atoms with Crippen molar-refractivity contribution < 1.29 is 0 Å². The molecule has 1 aromatic rings. The maximum Gasteiger partial charge on any atom is 0.183 e. The number of halogens is 1. The van der Waals surface area contributed by atoms with Crippen molar-refractivity contribution in [1.29, 1.82) is 0 Å². The lowest BCUT2D eigenvalue weighted by Crippen LogP contribution is -2.25. The highest BCUT2D eigenvalue weighted by molar-refractivity contribution is 9.11. The average molecular weight is 281 g/mol. The van der Waals surface area contributed by atoms with E-state index in [4.69, 9.17) is 0 Å². The Kier molecular flexibility index (Phi) is 4.06. The second-order valence-corrected chi connectivity index (χ2v) is 7.21. The summed E-state index contributed by atoms with van der Waals surface area (Å²) in [6.07, 6.45) is 3.94. The van der Waals surface area contributed by atoms with Crippen LogP contribution in [0.25, 0.3) is 0 Å². The fourth-order valence-corrected chi connectivity index (χ4v) is 2.02. The van der Waals surface area contributed by atoms with Crippen molar-refractivity contribution in [3.05, 3.63) is 9.98 Å². The van der Waals surface area contributed by atoms with E-state index in [1.165, 1.54) is 0 Å². The second kappa shape index (κ2) is 4.66. The molecule has 0 fully saturated rings. The molecule has 0 unspecified atom stereocenters. The Labute approximate surface area is 95.7 Å². The number of nitrogens with one attached hydrogen (secondary N) is 1. The number of nitrogens with zero attached hydrogens (tertiary/aromatic N) is 1. The van der Waals surface area contributed by atoms with E-state index >= 15 is 0 Å². The summed E-state index contributed by atoms with van der Waals surface area (Å²) in [6, 6.07) is 0. The Hall–Kier alpha value is 0.260. The maximum absolute atomic E-state index is 4.20. The van der Waals surface area contributed by atoms with Crippen LogP contribution in [0.2, 0.25) is 0 Å². The normalized spacial score (nSPS) is 11.7. The fraction of sp³-hybridized carbons (Fsp3) is 0.625. The summed E-state index contributed by atoms with van der Waals surface area (Å²) in [6.45, 7) is 5.37. The van der Waals surface area contributed by atoms with Gasteiger partial charge in [0, 0.05) is 11.3 Å². The van der Waals surface area contributed by atoms with Crippen LogP contribution in [0.4, 0.5) is 5.13 Å². The molecule has 0 aliphatic rings. The Balaban J connectivity index is 2.43. The molecule has 0 saturated heterocycles. The number of aromatic nitrogens is 1. The molecule has 0 saturated carbocycles. The zero-order valence-corrected chi connectivity index (χ0v) is 11.1. The van der Waals surface area contributed by atoms with Crippen LogP contribution in [0.3, 0.4) is 0 Å². The van der Waals surface area contributed by atoms with Gasteiger partial charge in [0.05, 0.1) is 9.98 Å². The van der Waals surface area contributed by atoms with Gasteiger partial charge >= 0.3 is 0 Å². The third kappa shape index (κ3) is 3.87. The predicted molar refractivity (Wildman–Crippen MR) is 65.9 cm³/mol. The minimum Gasteiger partial charge on any atom is -0.360 e. The highest BCUT2D eigenvalue weighted by Gasteiger charge is 2.15. The van der Waals surface area contributed by atoms with Crippen molar-refractivity contribution in [2.75, 3.05) is 18.1 Å². The van der Waals surface area contributed by atoms with Gasteiger partial charge < -0.3 is 5.32 Å². The molecule has 1 heterocycles. The van der Waals surface area contributed by atoms with Crippen molar-refractivity contribution in [1.82, 2.24) is 4.98 Å². The molecular weight excluding hydrogens is 268 g/mol. The summed E-state index contributed by atoms with van der Waals surface area (Å²) in [4.78, 5) is 4.20. The third-order valence-corrected chi connectivity index (χ3v) is 4.38. The van der Waals surface area contributed by atoms with Crippen LogP contribution in [0, 0.1) is 0 Å². The summed E-state index contributed by atoms with van der Waals surface area (Å²) in [7, 11) is 0. The minimum atomic E-state index is 0.262. The zero-order valence-electron chi connectivity index (χ0n) is 7.93. The van der Waals surface area contributed by atoms with Crippen LogP contribution in [0.15, 0.2) is 9.98 Å². The smallest absolute Gasteiger partial charge is 0.183 e. The number of thioether (sulfide) groups is 1. The summed E-state index contributed by atoms with van der Waals surface area (Å²) in [5.41, 5.74) is 0.